The highest BCUT2D eigenvalue weighted by Crippen LogP contribution is 2.30. The lowest BCUT2D eigenvalue weighted by molar-refractivity contribution is 0.0438. The SMILES string of the molecule is Cc1cc2c([nH]1)CCC(CNC1CCC(Oc3ccc(Cl)cc3C)C1O)C2=O.Cl. The summed E-state index contributed by atoms with van der Waals surface area (Å²) < 4.78 is 6.05. The molecule has 1 aromatic heterocycles. The zero-order valence-corrected chi connectivity index (χ0v) is 18.3. The molecule has 0 saturated heterocycles. The number of aromatic nitrogens is 1. The van der Waals surface area contributed by atoms with E-state index in [-0.39, 0.29) is 36.3 Å². The number of ketones is 1. The van der Waals surface area contributed by atoms with Crippen LogP contribution in [-0.2, 0) is 6.42 Å². The first-order chi connectivity index (χ1) is 13.4. The van der Waals surface area contributed by atoms with Crippen LogP contribution in [0.4, 0.5) is 0 Å². The van der Waals surface area contributed by atoms with Gasteiger partial charge < -0.3 is 20.1 Å². The number of aromatic amines is 1. The summed E-state index contributed by atoms with van der Waals surface area (Å²) in [5, 5.41) is 14.8. The second-order valence-electron chi connectivity index (χ2n) is 8.09. The second kappa shape index (κ2) is 9.09. The van der Waals surface area contributed by atoms with Gasteiger partial charge in [-0.3, -0.25) is 4.79 Å². The van der Waals surface area contributed by atoms with E-state index in [1.54, 1.807) is 6.07 Å². The molecule has 0 aliphatic heterocycles. The molecule has 29 heavy (non-hydrogen) atoms. The van der Waals surface area contributed by atoms with Gasteiger partial charge >= 0.3 is 0 Å². The molecule has 0 amide bonds. The van der Waals surface area contributed by atoms with Crippen molar-refractivity contribution in [2.75, 3.05) is 6.54 Å². The van der Waals surface area contributed by atoms with Gasteiger partial charge in [0.05, 0.1) is 0 Å². The fourth-order valence-electron chi connectivity index (χ4n) is 4.42. The number of benzene rings is 1. The molecule has 1 fully saturated rings. The van der Waals surface area contributed by atoms with Crippen LogP contribution in [0.25, 0.3) is 0 Å². The van der Waals surface area contributed by atoms with Crippen LogP contribution in [0.2, 0.25) is 5.02 Å². The molecule has 0 bridgehead atoms. The predicted octanol–water partition coefficient (Wildman–Crippen LogP) is 4.01. The maximum absolute atomic E-state index is 12.7. The molecule has 3 N–H and O–H groups in total. The molecular formula is C22H28Cl2N2O3. The molecule has 2 aromatic rings. The summed E-state index contributed by atoms with van der Waals surface area (Å²) in [6.45, 7) is 4.52. The average molecular weight is 439 g/mol. The van der Waals surface area contributed by atoms with Crippen LogP contribution in [0.15, 0.2) is 24.3 Å². The molecule has 0 radical (unpaired) electrons. The first kappa shape index (κ1) is 22.2. The Bertz CT molecular complexity index is 883. The van der Waals surface area contributed by atoms with Crippen molar-refractivity contribution in [2.24, 2.45) is 5.92 Å². The number of Topliss-reactive ketones (excluding diaryl/α,β-unsaturated/α-hetero) is 1. The van der Waals surface area contributed by atoms with Crippen LogP contribution < -0.4 is 10.1 Å². The van der Waals surface area contributed by atoms with Gasteiger partial charge in [0.2, 0.25) is 0 Å². The van der Waals surface area contributed by atoms with Crippen molar-refractivity contribution in [2.45, 2.75) is 57.8 Å². The number of ether oxygens (including phenoxy) is 1. The van der Waals surface area contributed by atoms with E-state index in [1.165, 1.54) is 0 Å². The number of carbonyl (C=O) groups excluding carboxylic acids is 1. The van der Waals surface area contributed by atoms with E-state index in [2.05, 4.69) is 10.3 Å². The Kier molecular flexibility index (Phi) is 6.94. The van der Waals surface area contributed by atoms with Crippen molar-refractivity contribution in [3.63, 3.8) is 0 Å². The lowest BCUT2D eigenvalue weighted by Gasteiger charge is -2.26. The minimum Gasteiger partial charge on any atom is -0.487 e. The number of H-pyrrole nitrogens is 1. The average Bonchev–Trinajstić information content (AvgIpc) is 3.20. The fourth-order valence-corrected chi connectivity index (χ4v) is 4.65. The van der Waals surface area contributed by atoms with Crippen LogP contribution in [0.5, 0.6) is 5.75 Å². The largest absolute Gasteiger partial charge is 0.487 e. The van der Waals surface area contributed by atoms with Crippen molar-refractivity contribution in [3.05, 3.63) is 51.8 Å². The number of nitrogens with one attached hydrogen (secondary N) is 2. The quantitative estimate of drug-likeness (QED) is 0.658. The summed E-state index contributed by atoms with van der Waals surface area (Å²) in [7, 11) is 0. The van der Waals surface area contributed by atoms with E-state index < -0.39 is 6.10 Å². The Morgan fingerprint density at radius 2 is 2.03 bits per heavy atom. The van der Waals surface area contributed by atoms with Gasteiger partial charge in [-0.15, -0.1) is 12.4 Å². The van der Waals surface area contributed by atoms with Crippen molar-refractivity contribution in [1.82, 2.24) is 10.3 Å². The summed E-state index contributed by atoms with van der Waals surface area (Å²) in [6.07, 6.45) is 2.49. The Hall–Kier alpha value is -1.53. The maximum Gasteiger partial charge on any atom is 0.169 e. The van der Waals surface area contributed by atoms with Crippen molar-refractivity contribution in [1.29, 1.82) is 0 Å². The van der Waals surface area contributed by atoms with E-state index in [1.807, 2.05) is 32.0 Å². The van der Waals surface area contributed by atoms with E-state index in [9.17, 15) is 9.90 Å². The van der Waals surface area contributed by atoms with Gasteiger partial charge in [0.15, 0.2) is 5.78 Å². The molecule has 4 unspecified atom stereocenters. The number of aliphatic hydroxyl groups excluding tert-OH is 1. The Morgan fingerprint density at radius 1 is 1.24 bits per heavy atom. The molecule has 1 heterocycles. The van der Waals surface area contributed by atoms with Gasteiger partial charge in [0.1, 0.15) is 18.0 Å². The highest BCUT2D eigenvalue weighted by Gasteiger charge is 2.37. The summed E-state index contributed by atoms with van der Waals surface area (Å²) in [4.78, 5) is 16.0. The van der Waals surface area contributed by atoms with Gasteiger partial charge in [0, 0.05) is 40.5 Å². The molecule has 2 aliphatic carbocycles. The van der Waals surface area contributed by atoms with Crippen LogP contribution >= 0.6 is 24.0 Å². The minimum absolute atomic E-state index is 0. The van der Waals surface area contributed by atoms with Crippen LogP contribution in [-0.4, -0.2) is 40.7 Å². The van der Waals surface area contributed by atoms with Crippen LogP contribution in [0.1, 0.15) is 46.6 Å². The normalized spacial score (nSPS) is 26.1. The molecule has 1 aromatic carbocycles. The smallest absolute Gasteiger partial charge is 0.169 e. The van der Waals surface area contributed by atoms with Crippen molar-refractivity contribution < 1.29 is 14.6 Å². The van der Waals surface area contributed by atoms with Gasteiger partial charge in [-0.2, -0.15) is 0 Å². The zero-order valence-electron chi connectivity index (χ0n) is 16.7. The highest BCUT2D eigenvalue weighted by molar-refractivity contribution is 6.30. The van der Waals surface area contributed by atoms with E-state index in [0.29, 0.717) is 11.6 Å². The standard InChI is InChI=1S/C22H27ClN2O3.ClH/c1-12-9-15(23)4-7-19(12)28-20-8-6-18(22(20)27)24-11-14-3-5-17-16(21(14)26)10-13(2)25-17;/h4,7,9-10,14,18,20,22,24-25,27H,3,5-6,8,11H2,1-2H3;1H. The molecule has 4 rings (SSSR count). The lowest BCUT2D eigenvalue weighted by atomic mass is 9.86. The number of hydrogen-bond donors (Lipinski definition) is 3. The molecule has 1 saturated carbocycles. The second-order valence-corrected chi connectivity index (χ2v) is 8.53. The number of fused-ring (bicyclic) bond motifs is 1. The Balaban J connectivity index is 0.00000240. The van der Waals surface area contributed by atoms with E-state index in [4.69, 9.17) is 16.3 Å². The number of aliphatic hydroxyl groups is 1. The monoisotopic (exact) mass is 438 g/mol. The van der Waals surface area contributed by atoms with Gasteiger partial charge in [0.25, 0.3) is 0 Å². The molecule has 0 spiro atoms. The number of halogens is 2. The number of rotatable bonds is 5. The molecular weight excluding hydrogens is 411 g/mol. The van der Waals surface area contributed by atoms with Crippen LogP contribution in [0, 0.1) is 19.8 Å². The van der Waals surface area contributed by atoms with E-state index >= 15 is 0 Å². The van der Waals surface area contributed by atoms with E-state index in [0.717, 1.165) is 53.9 Å². The third kappa shape index (κ3) is 4.64. The predicted molar refractivity (Wildman–Crippen MR) is 117 cm³/mol. The Labute approximate surface area is 182 Å². The zero-order chi connectivity index (χ0) is 19.8. The number of aryl methyl sites for hydroxylation is 3. The van der Waals surface area contributed by atoms with Gasteiger partial charge in [-0.1, -0.05) is 11.6 Å². The third-order valence-electron chi connectivity index (χ3n) is 6.01. The summed E-state index contributed by atoms with van der Waals surface area (Å²) in [5.41, 5.74) is 3.89. The summed E-state index contributed by atoms with van der Waals surface area (Å²) in [5.74, 6) is 0.926. The highest BCUT2D eigenvalue weighted by atomic mass is 35.5. The molecule has 7 heteroatoms. The molecule has 4 atom stereocenters. The first-order valence-corrected chi connectivity index (χ1v) is 10.4. The first-order valence-electron chi connectivity index (χ1n) is 9.99. The molecule has 158 valence electrons. The topological polar surface area (TPSA) is 74.3 Å². The van der Waals surface area contributed by atoms with Gasteiger partial charge in [-0.05, 0) is 69.4 Å². The van der Waals surface area contributed by atoms with Gasteiger partial charge in [-0.25, -0.2) is 0 Å². The van der Waals surface area contributed by atoms with Crippen molar-refractivity contribution >= 4 is 29.8 Å². The van der Waals surface area contributed by atoms with Crippen molar-refractivity contribution in [3.8, 4) is 5.75 Å². The fraction of sp³-hybridized carbons (Fsp3) is 0.500. The molecule has 5 nitrogen and oxygen atoms in total. The number of carbonyl (C=O) groups is 1. The third-order valence-corrected chi connectivity index (χ3v) is 6.25. The van der Waals surface area contributed by atoms with Crippen LogP contribution in [0.3, 0.4) is 0 Å². The summed E-state index contributed by atoms with van der Waals surface area (Å²) in [6, 6.07) is 7.40. The Morgan fingerprint density at radius 3 is 2.79 bits per heavy atom. The minimum atomic E-state index is -0.598. The molecule has 2 aliphatic rings. The number of hydrogen-bond acceptors (Lipinski definition) is 4. The maximum atomic E-state index is 12.7. The lowest BCUT2D eigenvalue weighted by Crippen LogP contribution is -2.44. The summed E-state index contributed by atoms with van der Waals surface area (Å²) >= 11 is 6.00.